The topological polar surface area (TPSA) is 46.0 Å². The predicted molar refractivity (Wildman–Crippen MR) is 116 cm³/mol. The van der Waals surface area contributed by atoms with Gasteiger partial charge in [-0.15, -0.1) is 0 Å². The molecule has 1 N–H and O–H groups in total. The van der Waals surface area contributed by atoms with Gasteiger partial charge in [-0.2, -0.15) is 15.0 Å². The molecule has 0 aliphatic rings. The van der Waals surface area contributed by atoms with Crippen LogP contribution >= 0.6 is 23.2 Å². The van der Waals surface area contributed by atoms with Crippen LogP contribution in [0.1, 0.15) is 17.7 Å². The van der Waals surface area contributed by atoms with Gasteiger partial charge in [0.25, 0.3) is 0 Å². The number of aromatic nitrogens is 3. The van der Waals surface area contributed by atoms with Crippen LogP contribution < -0.4 is 5.32 Å². The van der Waals surface area contributed by atoms with Gasteiger partial charge in [-0.25, -0.2) is 0 Å². The lowest BCUT2D eigenvalue weighted by Gasteiger charge is -2.09. The highest BCUT2D eigenvalue weighted by Gasteiger charge is 2.15. The minimum absolute atomic E-state index is 0.430. The maximum atomic E-state index is 6.32. The molecule has 28 heavy (non-hydrogen) atoms. The fourth-order valence-corrected chi connectivity index (χ4v) is 3.46. The summed E-state index contributed by atoms with van der Waals surface area (Å²) in [5.74, 6) is 0. The molecular weight excluding hydrogens is 393 g/mol. The van der Waals surface area contributed by atoms with Crippen molar-refractivity contribution in [3.63, 3.8) is 0 Å². The highest BCUT2D eigenvalue weighted by Crippen LogP contribution is 2.26. The van der Waals surface area contributed by atoms with Gasteiger partial charge in [0.05, 0.1) is 6.54 Å². The zero-order chi connectivity index (χ0) is 19.9. The summed E-state index contributed by atoms with van der Waals surface area (Å²) in [4.78, 5) is 3.85. The summed E-state index contributed by atoms with van der Waals surface area (Å²) in [5, 5.41) is 14.1. The number of halogens is 2. The maximum absolute atomic E-state index is 6.32. The molecule has 3 rings (SSSR count). The van der Waals surface area contributed by atoms with Crippen LogP contribution in [-0.2, 0) is 13.1 Å². The van der Waals surface area contributed by atoms with Crippen molar-refractivity contribution in [2.24, 2.45) is 0 Å². The molecular formula is C21H25Cl2N5. The fraction of sp³-hybridized carbons (Fsp3) is 0.333. The van der Waals surface area contributed by atoms with Gasteiger partial charge in [-0.05, 0) is 45.7 Å². The zero-order valence-corrected chi connectivity index (χ0v) is 17.7. The van der Waals surface area contributed by atoms with Gasteiger partial charge in [0.1, 0.15) is 11.4 Å². The van der Waals surface area contributed by atoms with Crippen molar-refractivity contribution in [1.82, 2.24) is 25.2 Å². The quantitative estimate of drug-likeness (QED) is 0.525. The Bertz CT molecular complexity index is 873. The molecule has 1 aromatic heterocycles. The van der Waals surface area contributed by atoms with Crippen molar-refractivity contribution in [2.75, 3.05) is 27.2 Å². The average molecular weight is 418 g/mol. The molecule has 3 aromatic rings. The number of hydrogen-bond donors (Lipinski definition) is 1. The molecule has 0 bridgehead atoms. The van der Waals surface area contributed by atoms with Crippen LogP contribution in [0.2, 0.25) is 10.0 Å². The fourth-order valence-electron chi connectivity index (χ4n) is 2.94. The summed E-state index contributed by atoms with van der Waals surface area (Å²) in [5.41, 5.74) is 3.66. The molecule has 7 heteroatoms. The minimum atomic E-state index is 0.430. The first kappa shape index (κ1) is 20.8. The summed E-state index contributed by atoms with van der Waals surface area (Å²) in [6.45, 7) is 3.07. The van der Waals surface area contributed by atoms with E-state index in [1.54, 1.807) is 4.80 Å². The third-order valence-electron chi connectivity index (χ3n) is 4.38. The van der Waals surface area contributed by atoms with E-state index in [1.807, 2.05) is 48.5 Å². The predicted octanol–water partition coefficient (Wildman–Crippen LogP) is 4.34. The molecule has 0 spiro atoms. The first-order valence-corrected chi connectivity index (χ1v) is 10.1. The van der Waals surface area contributed by atoms with E-state index in [0.29, 0.717) is 23.1 Å². The summed E-state index contributed by atoms with van der Waals surface area (Å²) in [6.07, 6.45) is 1.08. The highest BCUT2D eigenvalue weighted by molar-refractivity contribution is 6.35. The zero-order valence-electron chi connectivity index (χ0n) is 16.2. The van der Waals surface area contributed by atoms with E-state index < -0.39 is 0 Å². The molecule has 0 atom stereocenters. The Labute approximate surface area is 176 Å². The van der Waals surface area contributed by atoms with Crippen LogP contribution in [0, 0.1) is 0 Å². The van der Waals surface area contributed by atoms with Gasteiger partial charge < -0.3 is 10.2 Å². The lowest BCUT2D eigenvalue weighted by atomic mass is 10.1. The Morgan fingerprint density at radius 1 is 0.964 bits per heavy atom. The first-order valence-electron chi connectivity index (χ1n) is 9.32. The average Bonchev–Trinajstić information content (AvgIpc) is 3.08. The SMILES string of the molecule is CN(C)CCCNCc1nn(Cc2c(Cl)cccc2Cl)nc1-c1ccccc1. The Morgan fingerprint density at radius 3 is 2.36 bits per heavy atom. The van der Waals surface area contributed by atoms with Gasteiger partial charge in [-0.1, -0.05) is 59.6 Å². The molecule has 0 unspecified atom stereocenters. The molecule has 0 aliphatic carbocycles. The molecule has 148 valence electrons. The number of benzene rings is 2. The molecule has 0 saturated heterocycles. The van der Waals surface area contributed by atoms with Crippen molar-refractivity contribution in [2.45, 2.75) is 19.5 Å². The van der Waals surface area contributed by atoms with Crippen molar-refractivity contribution in [1.29, 1.82) is 0 Å². The number of nitrogens with zero attached hydrogens (tertiary/aromatic N) is 4. The summed E-state index contributed by atoms with van der Waals surface area (Å²) in [6, 6.07) is 15.6. The van der Waals surface area contributed by atoms with E-state index in [4.69, 9.17) is 33.4 Å². The summed E-state index contributed by atoms with van der Waals surface area (Å²) in [7, 11) is 4.16. The van der Waals surface area contributed by atoms with Crippen LogP contribution in [0.3, 0.4) is 0 Å². The van der Waals surface area contributed by atoms with Gasteiger partial charge in [0, 0.05) is 27.7 Å². The molecule has 0 radical (unpaired) electrons. The number of nitrogens with one attached hydrogen (secondary N) is 1. The van der Waals surface area contributed by atoms with E-state index in [9.17, 15) is 0 Å². The van der Waals surface area contributed by atoms with Crippen LogP contribution in [0.4, 0.5) is 0 Å². The highest BCUT2D eigenvalue weighted by atomic mass is 35.5. The lowest BCUT2D eigenvalue weighted by molar-refractivity contribution is 0.394. The monoisotopic (exact) mass is 417 g/mol. The number of hydrogen-bond acceptors (Lipinski definition) is 4. The van der Waals surface area contributed by atoms with E-state index in [-0.39, 0.29) is 0 Å². The van der Waals surface area contributed by atoms with E-state index in [1.165, 1.54) is 0 Å². The Kier molecular flexibility index (Phi) is 7.45. The van der Waals surface area contributed by atoms with Crippen molar-refractivity contribution in [3.05, 3.63) is 69.8 Å². The number of rotatable bonds is 9. The molecule has 2 aromatic carbocycles. The molecule has 5 nitrogen and oxygen atoms in total. The Balaban J connectivity index is 1.79. The van der Waals surface area contributed by atoms with Crippen molar-refractivity contribution < 1.29 is 0 Å². The molecule has 0 saturated carbocycles. The van der Waals surface area contributed by atoms with Crippen LogP contribution in [0.25, 0.3) is 11.3 Å². The Morgan fingerprint density at radius 2 is 1.68 bits per heavy atom. The van der Waals surface area contributed by atoms with Crippen LogP contribution in [-0.4, -0.2) is 47.1 Å². The summed E-state index contributed by atoms with van der Waals surface area (Å²) < 4.78 is 0. The Hall–Kier alpha value is -1.92. The smallest absolute Gasteiger partial charge is 0.117 e. The van der Waals surface area contributed by atoms with Crippen molar-refractivity contribution in [3.8, 4) is 11.3 Å². The minimum Gasteiger partial charge on any atom is -0.311 e. The van der Waals surface area contributed by atoms with Crippen LogP contribution in [0.5, 0.6) is 0 Å². The largest absolute Gasteiger partial charge is 0.311 e. The summed E-state index contributed by atoms with van der Waals surface area (Å²) >= 11 is 12.6. The van der Waals surface area contributed by atoms with E-state index in [2.05, 4.69) is 24.3 Å². The second-order valence-electron chi connectivity index (χ2n) is 6.93. The van der Waals surface area contributed by atoms with Gasteiger partial charge in [0.2, 0.25) is 0 Å². The van der Waals surface area contributed by atoms with Crippen molar-refractivity contribution >= 4 is 23.2 Å². The molecule has 0 aliphatic heterocycles. The van der Waals surface area contributed by atoms with Gasteiger partial charge >= 0.3 is 0 Å². The third-order valence-corrected chi connectivity index (χ3v) is 5.09. The second-order valence-corrected chi connectivity index (χ2v) is 7.74. The standard InChI is InChI=1S/C21H25Cl2N5/c1-27(2)13-7-12-24-14-20-21(16-8-4-3-5-9-16)26-28(25-20)15-17-18(22)10-6-11-19(17)23/h3-6,8-11,24H,7,12-15H2,1-2H3. The molecule has 1 heterocycles. The van der Waals surface area contributed by atoms with E-state index in [0.717, 1.165) is 42.0 Å². The van der Waals surface area contributed by atoms with Gasteiger partial charge in [0.15, 0.2) is 0 Å². The van der Waals surface area contributed by atoms with Gasteiger partial charge in [-0.3, -0.25) is 0 Å². The normalized spacial score (nSPS) is 11.3. The second kappa shape index (κ2) is 10.0. The van der Waals surface area contributed by atoms with E-state index >= 15 is 0 Å². The maximum Gasteiger partial charge on any atom is 0.117 e. The molecule has 0 amide bonds. The first-order chi connectivity index (χ1) is 13.5. The van der Waals surface area contributed by atoms with Crippen LogP contribution in [0.15, 0.2) is 48.5 Å². The molecule has 0 fully saturated rings. The lowest BCUT2D eigenvalue weighted by Crippen LogP contribution is -2.21. The third kappa shape index (κ3) is 5.55.